The topological polar surface area (TPSA) is 3.24 Å². The van der Waals surface area contributed by atoms with Crippen molar-refractivity contribution in [1.29, 1.82) is 0 Å². The van der Waals surface area contributed by atoms with Crippen LogP contribution in [0.4, 0.5) is 17.1 Å². The fourth-order valence-corrected chi connectivity index (χ4v) is 6.28. The molecule has 1 nitrogen and oxygen atoms in total. The highest BCUT2D eigenvalue weighted by atomic mass is 15.1. The Morgan fingerprint density at radius 2 is 0.933 bits per heavy atom. The van der Waals surface area contributed by atoms with Crippen molar-refractivity contribution < 1.29 is 0 Å². The zero-order chi connectivity index (χ0) is 30.6. The highest BCUT2D eigenvalue weighted by molar-refractivity contribution is 5.83. The van der Waals surface area contributed by atoms with Crippen molar-refractivity contribution in [2.45, 2.75) is 26.7 Å². The first kappa shape index (κ1) is 28.4. The van der Waals surface area contributed by atoms with Crippen LogP contribution < -0.4 is 4.90 Å². The van der Waals surface area contributed by atoms with E-state index in [0.717, 1.165) is 29.9 Å². The molecule has 45 heavy (non-hydrogen) atoms. The van der Waals surface area contributed by atoms with Gasteiger partial charge in [0.05, 0.1) is 0 Å². The summed E-state index contributed by atoms with van der Waals surface area (Å²) in [5.74, 6) is 0. The predicted molar refractivity (Wildman–Crippen MR) is 193 cm³/mol. The first-order valence-electron chi connectivity index (χ1n) is 15.8. The molecule has 0 aromatic heterocycles. The summed E-state index contributed by atoms with van der Waals surface area (Å²) in [5.41, 5.74) is 16.0. The first-order valence-corrected chi connectivity index (χ1v) is 15.8. The average Bonchev–Trinajstić information content (AvgIpc) is 3.11. The largest absolute Gasteiger partial charge is 0.311 e. The van der Waals surface area contributed by atoms with Crippen molar-refractivity contribution in [3.05, 3.63) is 181 Å². The molecule has 6 aromatic rings. The van der Waals surface area contributed by atoms with Crippen LogP contribution in [0.25, 0.3) is 39.0 Å². The average molecular weight is 580 g/mol. The highest BCUT2D eigenvalue weighted by Crippen LogP contribution is 2.38. The Morgan fingerprint density at radius 1 is 0.422 bits per heavy atom. The fourth-order valence-electron chi connectivity index (χ4n) is 6.28. The maximum Gasteiger partial charge on any atom is 0.0462 e. The molecular weight excluding hydrogens is 542 g/mol. The summed E-state index contributed by atoms with van der Waals surface area (Å²) in [6.45, 7) is 4.38. The number of allylic oxidation sites excluding steroid dienone is 4. The molecule has 7 rings (SSSR count). The minimum atomic E-state index is 1.10. The van der Waals surface area contributed by atoms with Gasteiger partial charge in [0, 0.05) is 17.1 Å². The van der Waals surface area contributed by atoms with E-state index in [-0.39, 0.29) is 0 Å². The van der Waals surface area contributed by atoms with Gasteiger partial charge >= 0.3 is 0 Å². The maximum atomic E-state index is 2.35. The molecule has 0 bridgehead atoms. The number of hydrogen-bond donors (Lipinski definition) is 0. The molecule has 0 spiro atoms. The summed E-state index contributed by atoms with van der Waals surface area (Å²) in [6.07, 6.45) is 9.08. The second-order valence-corrected chi connectivity index (χ2v) is 11.8. The maximum absolute atomic E-state index is 2.35. The quantitative estimate of drug-likeness (QED) is 0.182. The van der Waals surface area contributed by atoms with Crippen LogP contribution in [-0.4, -0.2) is 0 Å². The summed E-state index contributed by atoms with van der Waals surface area (Å²) in [4.78, 5) is 2.35. The molecule has 1 aliphatic rings. The third kappa shape index (κ3) is 6.03. The summed E-state index contributed by atoms with van der Waals surface area (Å²) in [6, 6.07) is 52.9. The number of anilines is 3. The fraction of sp³-hybridized carbons (Fsp3) is 0.0909. The number of benzene rings is 6. The van der Waals surface area contributed by atoms with Gasteiger partial charge in [-0.15, -0.1) is 0 Å². The molecule has 0 aliphatic heterocycles. The SMILES string of the molecule is Cc1ccccc1-c1cc(-c2ccc(N(c3ccc(C4=CCCC=C4)cc3)c3ccc(-c4ccccc4)cc3)cc2)ccc1C. The minimum Gasteiger partial charge on any atom is -0.311 e. The number of aryl methyl sites for hydroxylation is 2. The van der Waals surface area contributed by atoms with Crippen molar-refractivity contribution in [3.63, 3.8) is 0 Å². The lowest BCUT2D eigenvalue weighted by molar-refractivity contribution is 1.04. The van der Waals surface area contributed by atoms with E-state index in [2.05, 4.69) is 183 Å². The standard InChI is InChI=1S/C44H37N/c1-32-11-9-10-16-43(32)44-31-39(18-17-33(44)2)38-23-29-42(30-24-38)45(40-25-19-36(20-26-40)34-12-5-3-6-13-34)41-27-21-37(22-28-41)35-14-7-4-8-15-35/h3,5-7,9-31H,4,8H2,1-2H3. The Kier molecular flexibility index (Phi) is 8.00. The summed E-state index contributed by atoms with van der Waals surface area (Å²) >= 11 is 0. The van der Waals surface area contributed by atoms with Crippen LogP contribution in [0.3, 0.4) is 0 Å². The van der Waals surface area contributed by atoms with Gasteiger partial charge in [-0.05, 0) is 125 Å². The van der Waals surface area contributed by atoms with Gasteiger partial charge in [0.25, 0.3) is 0 Å². The van der Waals surface area contributed by atoms with E-state index < -0.39 is 0 Å². The Morgan fingerprint density at radius 3 is 1.53 bits per heavy atom. The predicted octanol–water partition coefficient (Wildman–Crippen LogP) is 12.5. The molecule has 6 aromatic carbocycles. The van der Waals surface area contributed by atoms with Gasteiger partial charge in [0.1, 0.15) is 0 Å². The molecule has 0 N–H and O–H groups in total. The molecule has 0 radical (unpaired) electrons. The van der Waals surface area contributed by atoms with Gasteiger partial charge in [-0.3, -0.25) is 0 Å². The van der Waals surface area contributed by atoms with Crippen LogP contribution in [0.2, 0.25) is 0 Å². The van der Waals surface area contributed by atoms with Crippen LogP contribution in [0.5, 0.6) is 0 Å². The second kappa shape index (κ2) is 12.7. The molecular formula is C44H37N. The van der Waals surface area contributed by atoms with E-state index in [0.29, 0.717) is 0 Å². The van der Waals surface area contributed by atoms with Gasteiger partial charge in [0.15, 0.2) is 0 Å². The molecule has 1 heteroatoms. The van der Waals surface area contributed by atoms with E-state index in [1.54, 1.807) is 0 Å². The first-order chi connectivity index (χ1) is 22.1. The Bertz CT molecular complexity index is 1980. The van der Waals surface area contributed by atoms with E-state index >= 15 is 0 Å². The van der Waals surface area contributed by atoms with E-state index in [1.165, 1.54) is 55.6 Å². The van der Waals surface area contributed by atoms with E-state index in [9.17, 15) is 0 Å². The summed E-state index contributed by atoms with van der Waals surface area (Å²) < 4.78 is 0. The number of rotatable bonds is 7. The van der Waals surface area contributed by atoms with Gasteiger partial charge in [-0.25, -0.2) is 0 Å². The Labute approximate surface area is 267 Å². The molecule has 0 amide bonds. The smallest absolute Gasteiger partial charge is 0.0462 e. The molecule has 0 heterocycles. The van der Waals surface area contributed by atoms with Crippen molar-refractivity contribution in [2.75, 3.05) is 4.90 Å². The zero-order valence-electron chi connectivity index (χ0n) is 25.9. The lowest BCUT2D eigenvalue weighted by Crippen LogP contribution is -2.10. The van der Waals surface area contributed by atoms with Gasteiger partial charge in [0.2, 0.25) is 0 Å². The molecule has 0 saturated heterocycles. The van der Waals surface area contributed by atoms with Crippen molar-refractivity contribution in [1.82, 2.24) is 0 Å². The normalized spacial score (nSPS) is 12.5. The summed E-state index contributed by atoms with van der Waals surface area (Å²) in [7, 11) is 0. The van der Waals surface area contributed by atoms with Crippen LogP contribution >= 0.6 is 0 Å². The van der Waals surface area contributed by atoms with Crippen LogP contribution in [0.1, 0.15) is 29.5 Å². The molecule has 0 atom stereocenters. The second-order valence-electron chi connectivity index (χ2n) is 11.8. The van der Waals surface area contributed by atoms with Gasteiger partial charge in [-0.1, -0.05) is 121 Å². The third-order valence-electron chi connectivity index (χ3n) is 8.82. The van der Waals surface area contributed by atoms with Crippen LogP contribution in [0.15, 0.2) is 164 Å². The van der Waals surface area contributed by atoms with Gasteiger partial charge < -0.3 is 4.90 Å². The van der Waals surface area contributed by atoms with Crippen molar-refractivity contribution in [3.8, 4) is 33.4 Å². The van der Waals surface area contributed by atoms with Crippen molar-refractivity contribution >= 4 is 22.6 Å². The highest BCUT2D eigenvalue weighted by Gasteiger charge is 2.15. The number of nitrogens with zero attached hydrogens (tertiary/aromatic N) is 1. The molecule has 0 fully saturated rings. The third-order valence-corrected chi connectivity index (χ3v) is 8.82. The zero-order valence-corrected chi connectivity index (χ0v) is 25.9. The van der Waals surface area contributed by atoms with Crippen molar-refractivity contribution in [2.24, 2.45) is 0 Å². The molecule has 218 valence electrons. The van der Waals surface area contributed by atoms with E-state index in [4.69, 9.17) is 0 Å². The van der Waals surface area contributed by atoms with Crippen LogP contribution in [-0.2, 0) is 0 Å². The minimum absolute atomic E-state index is 1.10. The number of hydrogen-bond acceptors (Lipinski definition) is 1. The van der Waals surface area contributed by atoms with E-state index in [1.807, 2.05) is 0 Å². The molecule has 1 aliphatic carbocycles. The lowest BCUT2D eigenvalue weighted by Gasteiger charge is -2.26. The molecule has 0 unspecified atom stereocenters. The summed E-state index contributed by atoms with van der Waals surface area (Å²) in [5, 5.41) is 0. The lowest BCUT2D eigenvalue weighted by atomic mass is 9.93. The van der Waals surface area contributed by atoms with Gasteiger partial charge in [-0.2, -0.15) is 0 Å². The van der Waals surface area contributed by atoms with Crippen LogP contribution in [0, 0.1) is 13.8 Å². The molecule has 0 saturated carbocycles. The Balaban J connectivity index is 1.25. The Hall–Kier alpha value is -5.40. The monoisotopic (exact) mass is 579 g/mol.